The molecular weight excluding hydrogens is 507 g/mol. The summed E-state index contributed by atoms with van der Waals surface area (Å²) >= 11 is 0. The van der Waals surface area contributed by atoms with Crippen molar-refractivity contribution in [3.8, 4) is 5.75 Å². The second-order valence-electron chi connectivity index (χ2n) is 8.04. The number of hydrogen-bond acceptors (Lipinski definition) is 4. The van der Waals surface area contributed by atoms with Crippen LogP contribution in [0.5, 0.6) is 5.75 Å². The Morgan fingerprint density at radius 2 is 1.87 bits per heavy atom. The first kappa shape index (κ1) is 25.0. The molecule has 1 aromatic carbocycles. The summed E-state index contributed by atoms with van der Waals surface area (Å²) in [5.41, 5.74) is 1.06. The minimum atomic E-state index is -0.133. The van der Waals surface area contributed by atoms with Crippen LogP contribution in [0.1, 0.15) is 36.9 Å². The van der Waals surface area contributed by atoms with Gasteiger partial charge in [-0.05, 0) is 36.8 Å². The summed E-state index contributed by atoms with van der Waals surface area (Å²) in [7, 11) is 1.68. The third-order valence-electron chi connectivity index (χ3n) is 5.41. The lowest BCUT2D eigenvalue weighted by Crippen LogP contribution is -2.54. The molecule has 3 rings (SSSR count). The lowest BCUT2D eigenvalue weighted by molar-refractivity contribution is 0.0657. The van der Waals surface area contributed by atoms with Gasteiger partial charge in [0.05, 0.1) is 19.9 Å². The molecule has 1 aromatic heterocycles. The zero-order valence-electron chi connectivity index (χ0n) is 18.8. The minimum absolute atomic E-state index is 0. The van der Waals surface area contributed by atoms with Crippen LogP contribution < -0.4 is 10.1 Å². The zero-order chi connectivity index (χ0) is 21.6. The number of benzene rings is 1. The van der Waals surface area contributed by atoms with Crippen LogP contribution in [0.4, 0.5) is 0 Å². The molecule has 7 nitrogen and oxygen atoms in total. The molecule has 0 saturated carbocycles. The topological polar surface area (TPSA) is 70.3 Å². The second kappa shape index (κ2) is 11.4. The van der Waals surface area contributed by atoms with Gasteiger partial charge in [-0.15, -0.1) is 24.0 Å². The molecule has 0 bridgehead atoms. The summed E-state index contributed by atoms with van der Waals surface area (Å²) in [6.07, 6.45) is 1.53. The summed E-state index contributed by atoms with van der Waals surface area (Å²) in [5.74, 6) is 2.08. The molecule has 8 heteroatoms. The number of rotatable bonds is 6. The minimum Gasteiger partial charge on any atom is -0.497 e. The largest absolute Gasteiger partial charge is 0.497 e. The van der Waals surface area contributed by atoms with Gasteiger partial charge in [0.25, 0.3) is 5.91 Å². The number of nitrogens with one attached hydrogen (secondary N) is 1. The van der Waals surface area contributed by atoms with Crippen molar-refractivity contribution in [2.45, 2.75) is 26.2 Å². The first-order valence-electron chi connectivity index (χ1n) is 10.4. The molecule has 1 aliphatic heterocycles. The molecule has 0 radical (unpaired) electrons. The Bertz CT molecular complexity index is 859. The van der Waals surface area contributed by atoms with Crippen LogP contribution >= 0.6 is 24.0 Å². The maximum Gasteiger partial charge on any atom is 0.289 e. The average molecular weight is 540 g/mol. The lowest BCUT2D eigenvalue weighted by Gasteiger charge is -2.36. The van der Waals surface area contributed by atoms with Gasteiger partial charge in [-0.3, -0.25) is 9.79 Å². The third-order valence-corrected chi connectivity index (χ3v) is 5.41. The Morgan fingerprint density at radius 1 is 1.16 bits per heavy atom. The summed E-state index contributed by atoms with van der Waals surface area (Å²) in [5, 5.41) is 3.40. The van der Waals surface area contributed by atoms with Crippen LogP contribution in [0.2, 0.25) is 0 Å². The zero-order valence-corrected chi connectivity index (χ0v) is 21.1. The molecule has 1 N–H and O–H groups in total. The van der Waals surface area contributed by atoms with E-state index in [1.165, 1.54) is 11.8 Å². The SMILES string of the molecule is CCNC(=NCC(C)(C)c1cccc(OC)c1)N1CCN(C(=O)c2ccco2)CC1.I. The van der Waals surface area contributed by atoms with Crippen molar-refractivity contribution in [3.63, 3.8) is 0 Å². The number of hydrogen-bond donors (Lipinski definition) is 1. The Labute approximate surface area is 201 Å². The Hall–Kier alpha value is -2.23. The van der Waals surface area contributed by atoms with E-state index in [1.54, 1.807) is 19.2 Å². The van der Waals surface area contributed by atoms with Gasteiger partial charge >= 0.3 is 0 Å². The molecule has 31 heavy (non-hydrogen) atoms. The molecule has 170 valence electrons. The predicted molar refractivity (Wildman–Crippen MR) is 134 cm³/mol. The van der Waals surface area contributed by atoms with Crippen LogP contribution in [0, 0.1) is 0 Å². The maximum absolute atomic E-state index is 12.5. The standard InChI is InChI=1S/C23H32N4O3.HI/c1-5-24-22(25-17-23(2,3)18-8-6-9-19(16-18)29-4)27-13-11-26(12-14-27)21(28)20-10-7-15-30-20;/h6-10,15-16H,5,11-14,17H2,1-4H3,(H,24,25);1H. The van der Waals surface area contributed by atoms with E-state index in [-0.39, 0.29) is 35.3 Å². The quantitative estimate of drug-likeness (QED) is 0.345. The molecule has 1 saturated heterocycles. The molecule has 2 heterocycles. The summed E-state index contributed by atoms with van der Waals surface area (Å²) in [6, 6.07) is 11.6. The smallest absolute Gasteiger partial charge is 0.289 e. The highest BCUT2D eigenvalue weighted by atomic mass is 127. The number of nitrogens with zero attached hydrogens (tertiary/aromatic N) is 3. The lowest BCUT2D eigenvalue weighted by atomic mass is 9.84. The molecule has 1 fully saturated rings. The van der Waals surface area contributed by atoms with Gasteiger partial charge in [-0.1, -0.05) is 26.0 Å². The van der Waals surface area contributed by atoms with Gasteiger partial charge in [0.1, 0.15) is 5.75 Å². The fourth-order valence-electron chi connectivity index (χ4n) is 3.51. The van der Waals surface area contributed by atoms with E-state index in [0.717, 1.165) is 31.3 Å². The molecule has 0 unspecified atom stereocenters. The number of carbonyl (C=O) groups excluding carboxylic acids is 1. The first-order valence-corrected chi connectivity index (χ1v) is 10.4. The van der Waals surface area contributed by atoms with E-state index < -0.39 is 0 Å². The molecule has 1 amide bonds. The van der Waals surface area contributed by atoms with Crippen molar-refractivity contribution in [1.29, 1.82) is 0 Å². The Balaban J connectivity index is 0.00000341. The van der Waals surface area contributed by atoms with Crippen molar-refractivity contribution in [2.75, 3.05) is 46.4 Å². The van der Waals surface area contributed by atoms with Crippen LogP contribution in [-0.2, 0) is 5.41 Å². The first-order chi connectivity index (χ1) is 14.4. The Morgan fingerprint density at radius 3 is 2.48 bits per heavy atom. The maximum atomic E-state index is 12.5. The van der Waals surface area contributed by atoms with Crippen LogP contribution in [0.15, 0.2) is 52.1 Å². The van der Waals surface area contributed by atoms with Gasteiger partial charge in [0.15, 0.2) is 11.7 Å². The molecule has 0 spiro atoms. The van der Waals surface area contributed by atoms with Crippen LogP contribution in [0.25, 0.3) is 0 Å². The highest BCUT2D eigenvalue weighted by Gasteiger charge is 2.26. The summed E-state index contributed by atoms with van der Waals surface area (Å²) in [4.78, 5) is 21.5. The monoisotopic (exact) mass is 540 g/mol. The Kier molecular flexibility index (Phi) is 9.21. The van der Waals surface area contributed by atoms with Crippen molar-refractivity contribution < 1.29 is 13.9 Å². The molecular formula is C23H33IN4O3. The molecule has 2 aromatic rings. The third kappa shape index (κ3) is 6.38. The van der Waals surface area contributed by atoms with Crippen molar-refractivity contribution >= 4 is 35.8 Å². The van der Waals surface area contributed by atoms with E-state index in [1.807, 2.05) is 17.0 Å². The van der Waals surface area contributed by atoms with E-state index in [2.05, 4.69) is 43.1 Å². The highest BCUT2D eigenvalue weighted by Crippen LogP contribution is 2.27. The number of amides is 1. The van der Waals surface area contributed by atoms with Crippen LogP contribution in [0.3, 0.4) is 0 Å². The molecule has 0 aliphatic carbocycles. The number of ether oxygens (including phenoxy) is 1. The van der Waals surface area contributed by atoms with Gasteiger partial charge < -0.3 is 24.3 Å². The van der Waals surface area contributed by atoms with Crippen molar-refractivity contribution in [3.05, 3.63) is 54.0 Å². The number of piperazine rings is 1. The second-order valence-corrected chi connectivity index (χ2v) is 8.04. The number of furan rings is 1. The summed E-state index contributed by atoms with van der Waals surface area (Å²) in [6.45, 7) is 10.6. The number of guanidine groups is 1. The van der Waals surface area contributed by atoms with E-state index in [0.29, 0.717) is 25.4 Å². The van der Waals surface area contributed by atoms with Gasteiger partial charge in [-0.2, -0.15) is 0 Å². The number of aliphatic imine (C=N–C) groups is 1. The molecule has 0 atom stereocenters. The summed E-state index contributed by atoms with van der Waals surface area (Å²) < 4.78 is 10.6. The van der Waals surface area contributed by atoms with Gasteiger partial charge in [0.2, 0.25) is 0 Å². The fourth-order valence-corrected chi connectivity index (χ4v) is 3.51. The molecule has 1 aliphatic rings. The van der Waals surface area contributed by atoms with Crippen LogP contribution in [-0.4, -0.2) is 68.0 Å². The van der Waals surface area contributed by atoms with Crippen molar-refractivity contribution in [1.82, 2.24) is 15.1 Å². The normalized spacial score (nSPS) is 14.8. The van der Waals surface area contributed by atoms with E-state index in [4.69, 9.17) is 14.1 Å². The highest BCUT2D eigenvalue weighted by molar-refractivity contribution is 14.0. The van der Waals surface area contributed by atoms with Crippen molar-refractivity contribution in [2.24, 2.45) is 4.99 Å². The average Bonchev–Trinajstić information content (AvgIpc) is 3.31. The fraction of sp³-hybridized carbons (Fsp3) is 0.478. The van der Waals surface area contributed by atoms with E-state index in [9.17, 15) is 4.79 Å². The predicted octanol–water partition coefficient (Wildman–Crippen LogP) is 3.61. The van der Waals surface area contributed by atoms with Gasteiger partial charge in [-0.25, -0.2) is 0 Å². The number of halogens is 1. The van der Waals surface area contributed by atoms with Gasteiger partial charge in [0, 0.05) is 38.1 Å². The van der Waals surface area contributed by atoms with E-state index >= 15 is 0 Å². The number of carbonyl (C=O) groups is 1. The number of methoxy groups -OCH3 is 1.